The van der Waals surface area contributed by atoms with E-state index in [1.165, 1.54) is 0 Å². The molecule has 0 spiro atoms. The second-order valence-electron chi connectivity index (χ2n) is 2.50. The molecule has 0 unspecified atom stereocenters. The summed E-state index contributed by atoms with van der Waals surface area (Å²) in [5.74, 6) is 1.83. The Labute approximate surface area is 108 Å². The number of fused-ring (bicyclic) bond motifs is 1. The fourth-order valence-electron chi connectivity index (χ4n) is 1.11. The summed E-state index contributed by atoms with van der Waals surface area (Å²) >= 11 is 0. The first-order chi connectivity index (χ1) is 7.36. The molecule has 0 aromatic heterocycles. The second-order valence-corrected chi connectivity index (χ2v) is 9.96. The van der Waals surface area contributed by atoms with Crippen LogP contribution in [0.5, 0.6) is 11.5 Å². The van der Waals surface area contributed by atoms with Crippen LogP contribution >= 0.6 is 51.1 Å². The maximum atomic E-state index is 5.35. The molecule has 15 heavy (non-hydrogen) atoms. The summed E-state index contributed by atoms with van der Waals surface area (Å²) in [5, 5.41) is 0. The first-order valence-corrected chi connectivity index (χ1v) is 10.1. The average Bonchev–Trinajstić information content (AvgIpc) is 2.53. The molecule has 0 aliphatic carbocycles. The van der Waals surface area contributed by atoms with Crippen molar-refractivity contribution < 1.29 is 9.47 Å². The Morgan fingerprint density at radius 1 is 0.800 bits per heavy atom. The number of hydrogen-bond donors (Lipinski definition) is 0. The van der Waals surface area contributed by atoms with Gasteiger partial charge in [-0.3, -0.25) is 0 Å². The van der Waals surface area contributed by atoms with E-state index < -0.39 is 0 Å². The molecular weight excluding hydrogens is 288 g/mol. The van der Waals surface area contributed by atoms with Gasteiger partial charge in [0.1, 0.15) is 11.5 Å². The van der Waals surface area contributed by atoms with Crippen molar-refractivity contribution in [1.82, 2.24) is 0 Å². The van der Waals surface area contributed by atoms with Crippen LogP contribution in [0.1, 0.15) is 0 Å². The van der Waals surface area contributed by atoms with E-state index in [0.717, 1.165) is 21.3 Å². The average molecular weight is 296 g/mol. The van der Waals surface area contributed by atoms with Gasteiger partial charge in [0.2, 0.25) is 0 Å². The Kier molecular flexibility index (Phi) is 4.63. The molecule has 1 aliphatic heterocycles. The van der Waals surface area contributed by atoms with Crippen LogP contribution in [-0.2, 0) is 0 Å². The van der Waals surface area contributed by atoms with Crippen LogP contribution in [0.25, 0.3) is 0 Å². The molecule has 1 aromatic rings. The zero-order valence-electron chi connectivity index (χ0n) is 8.01. The van der Waals surface area contributed by atoms with Crippen molar-refractivity contribution in [1.29, 1.82) is 0 Å². The van der Waals surface area contributed by atoms with Gasteiger partial charge in [-0.25, -0.2) is 0 Å². The Bertz CT molecular complexity index is 324. The number of rotatable bonds is 2. The minimum absolute atomic E-state index is 0.916. The summed E-state index contributed by atoms with van der Waals surface area (Å²) in [4.78, 5) is 2.31. The Balaban J connectivity index is 2.48. The fourth-order valence-corrected chi connectivity index (χ4v) is 10.2. The van der Waals surface area contributed by atoms with Crippen LogP contribution in [0.15, 0.2) is 21.9 Å². The maximum absolute atomic E-state index is 5.35. The number of methoxy groups -OCH3 is 2. The molecule has 2 nitrogen and oxygen atoms in total. The number of hydrogen-bond acceptors (Lipinski definition) is 7. The van der Waals surface area contributed by atoms with Gasteiger partial charge in [0, 0.05) is 0 Å². The predicted molar refractivity (Wildman–Crippen MR) is 74.0 cm³/mol. The zero-order chi connectivity index (χ0) is 10.7. The largest absolute Gasteiger partial charge is 0.496 e. The number of benzene rings is 1. The van der Waals surface area contributed by atoms with Gasteiger partial charge < -0.3 is 9.47 Å². The van der Waals surface area contributed by atoms with E-state index in [2.05, 4.69) is 0 Å². The van der Waals surface area contributed by atoms with E-state index in [1.54, 1.807) is 65.3 Å². The molecule has 82 valence electrons. The molecule has 2 rings (SSSR count). The maximum Gasteiger partial charge on any atom is 0.134 e. The minimum Gasteiger partial charge on any atom is -0.496 e. The molecule has 1 heterocycles. The minimum atomic E-state index is 0.916. The molecule has 7 heteroatoms. The standard InChI is InChI=1S/C8H8O2S5/c1-9-5-3-4-6(10-2)8-7(5)11-13-15-14-12-8/h3-4H,1-2H3. The molecule has 0 saturated heterocycles. The van der Waals surface area contributed by atoms with Gasteiger partial charge in [0.15, 0.2) is 0 Å². The summed E-state index contributed by atoms with van der Waals surface area (Å²) in [6, 6.07) is 3.90. The third-order valence-corrected chi connectivity index (χ3v) is 10.3. The van der Waals surface area contributed by atoms with Gasteiger partial charge in [0.25, 0.3) is 0 Å². The van der Waals surface area contributed by atoms with Gasteiger partial charge in [-0.05, 0) is 63.2 Å². The lowest BCUT2D eigenvalue weighted by Gasteiger charge is -2.12. The Morgan fingerprint density at radius 3 is 1.67 bits per heavy atom. The highest BCUT2D eigenvalue weighted by atomic mass is 33.8. The first kappa shape index (κ1) is 12.0. The molecule has 1 aromatic carbocycles. The van der Waals surface area contributed by atoms with Gasteiger partial charge in [-0.1, -0.05) is 0 Å². The smallest absolute Gasteiger partial charge is 0.134 e. The summed E-state index contributed by atoms with van der Waals surface area (Å²) < 4.78 is 10.7. The monoisotopic (exact) mass is 296 g/mol. The topological polar surface area (TPSA) is 18.5 Å². The SMILES string of the molecule is COc1ccc(OC)c2c1SSSSS2. The van der Waals surface area contributed by atoms with E-state index in [0.29, 0.717) is 0 Å². The van der Waals surface area contributed by atoms with Gasteiger partial charge in [-0.15, -0.1) is 0 Å². The van der Waals surface area contributed by atoms with Crippen molar-refractivity contribution in [3.8, 4) is 11.5 Å². The predicted octanol–water partition coefficient (Wildman–Crippen LogP) is 4.76. The van der Waals surface area contributed by atoms with Gasteiger partial charge >= 0.3 is 0 Å². The normalized spacial score (nSPS) is 15.3. The van der Waals surface area contributed by atoms with Crippen molar-refractivity contribution in [2.75, 3.05) is 14.2 Å². The molecule has 1 aliphatic rings. The second kappa shape index (κ2) is 5.77. The third kappa shape index (κ3) is 2.63. The van der Waals surface area contributed by atoms with Crippen molar-refractivity contribution in [2.24, 2.45) is 0 Å². The van der Waals surface area contributed by atoms with Crippen LogP contribution in [0.3, 0.4) is 0 Å². The van der Waals surface area contributed by atoms with Crippen LogP contribution in [-0.4, -0.2) is 14.2 Å². The quantitative estimate of drug-likeness (QED) is 0.723. The summed E-state index contributed by atoms with van der Waals surface area (Å²) in [7, 11) is 12.1. The molecule has 0 saturated carbocycles. The fraction of sp³-hybridized carbons (Fsp3) is 0.250. The highest BCUT2D eigenvalue weighted by Gasteiger charge is 2.19. The van der Waals surface area contributed by atoms with Crippen molar-refractivity contribution in [3.63, 3.8) is 0 Å². The highest BCUT2D eigenvalue weighted by molar-refractivity contribution is 9.36. The molecule has 0 amide bonds. The van der Waals surface area contributed by atoms with E-state index >= 15 is 0 Å². The number of ether oxygens (including phenoxy) is 2. The van der Waals surface area contributed by atoms with E-state index in [4.69, 9.17) is 9.47 Å². The lowest BCUT2D eigenvalue weighted by atomic mass is 10.3. The molecule has 0 fully saturated rings. The highest BCUT2D eigenvalue weighted by Crippen LogP contribution is 2.62. The van der Waals surface area contributed by atoms with Crippen molar-refractivity contribution in [2.45, 2.75) is 9.79 Å². The molecule has 0 atom stereocenters. The molecule has 0 N–H and O–H groups in total. The Morgan fingerprint density at radius 2 is 1.27 bits per heavy atom. The van der Waals surface area contributed by atoms with Gasteiger partial charge in [-0.2, -0.15) is 0 Å². The summed E-state index contributed by atoms with van der Waals surface area (Å²) in [5.41, 5.74) is 0. The zero-order valence-corrected chi connectivity index (χ0v) is 12.1. The lowest BCUT2D eigenvalue weighted by Crippen LogP contribution is -1.91. The molecular formula is C8H8O2S5. The van der Waals surface area contributed by atoms with Gasteiger partial charge in [0.05, 0.1) is 24.0 Å². The molecule has 0 bridgehead atoms. The van der Waals surface area contributed by atoms with Crippen molar-refractivity contribution in [3.05, 3.63) is 12.1 Å². The lowest BCUT2D eigenvalue weighted by molar-refractivity contribution is 0.384. The first-order valence-electron chi connectivity index (χ1n) is 3.96. The summed E-state index contributed by atoms with van der Waals surface area (Å²) in [6.45, 7) is 0. The van der Waals surface area contributed by atoms with E-state index in [-0.39, 0.29) is 0 Å². The van der Waals surface area contributed by atoms with Crippen molar-refractivity contribution >= 4 is 51.1 Å². The third-order valence-electron chi connectivity index (χ3n) is 1.77. The van der Waals surface area contributed by atoms with Crippen LogP contribution < -0.4 is 9.47 Å². The van der Waals surface area contributed by atoms with Crippen LogP contribution in [0.2, 0.25) is 0 Å². The summed E-state index contributed by atoms with van der Waals surface area (Å²) in [6.07, 6.45) is 0. The molecule has 0 radical (unpaired) electrons. The Hall–Kier alpha value is 0.570. The van der Waals surface area contributed by atoms with Crippen LogP contribution in [0, 0.1) is 0 Å². The van der Waals surface area contributed by atoms with Crippen LogP contribution in [0.4, 0.5) is 0 Å². The van der Waals surface area contributed by atoms with E-state index in [9.17, 15) is 0 Å². The van der Waals surface area contributed by atoms with E-state index in [1.807, 2.05) is 12.1 Å².